The molecule has 0 fully saturated rings. The summed E-state index contributed by atoms with van der Waals surface area (Å²) in [6.07, 6.45) is 0.109. The Kier molecular flexibility index (Phi) is 7.59. The van der Waals surface area contributed by atoms with Crippen LogP contribution in [0.4, 0.5) is 0 Å². The van der Waals surface area contributed by atoms with Crippen LogP contribution in [0, 0.1) is 5.41 Å². The van der Waals surface area contributed by atoms with Crippen LogP contribution in [0.15, 0.2) is 0 Å². The van der Waals surface area contributed by atoms with Crippen molar-refractivity contribution in [3.63, 3.8) is 0 Å². The van der Waals surface area contributed by atoms with E-state index in [-0.39, 0.29) is 48.4 Å². The molecule has 0 aliphatic rings. The molecule has 0 aromatic carbocycles. The quantitative estimate of drug-likeness (QED) is 0.531. The number of aliphatic carboxylic acids is 1. The fraction of sp³-hybridized carbons (Fsp3) is 0.750. The van der Waals surface area contributed by atoms with E-state index in [1.807, 2.05) is 0 Å². The van der Waals surface area contributed by atoms with E-state index in [1.165, 1.54) is 7.11 Å². The molecule has 5 heteroatoms. The summed E-state index contributed by atoms with van der Waals surface area (Å²) in [4.78, 5) is 21.1. The molecule has 4 nitrogen and oxygen atoms in total. The Morgan fingerprint density at radius 3 is 2.08 bits per heavy atom. The number of carboxylic acid groups (broad SMARTS) is 1. The molecule has 0 saturated carbocycles. The maximum atomic E-state index is 10.8. The summed E-state index contributed by atoms with van der Waals surface area (Å²) in [6.45, 7) is 3.44. The summed E-state index contributed by atoms with van der Waals surface area (Å²) < 4.78 is 4.44. The molecule has 1 radical (unpaired) electrons. The number of methoxy groups -OCH3 is 1. The average Bonchev–Trinajstić information content (AvgIpc) is 1.83. The van der Waals surface area contributed by atoms with Gasteiger partial charge < -0.3 is 9.84 Å². The van der Waals surface area contributed by atoms with E-state index in [4.69, 9.17) is 5.11 Å². The van der Waals surface area contributed by atoms with Gasteiger partial charge in [0.15, 0.2) is 0 Å². The molecule has 0 unspecified atom stereocenters. The van der Waals surface area contributed by atoms with E-state index >= 15 is 0 Å². The van der Waals surface area contributed by atoms with Crippen molar-refractivity contribution in [1.29, 1.82) is 0 Å². The van der Waals surface area contributed by atoms with Crippen LogP contribution in [-0.4, -0.2) is 53.7 Å². The zero-order valence-corrected chi connectivity index (χ0v) is 10.6. The van der Waals surface area contributed by atoms with Gasteiger partial charge in [-0.15, -0.1) is 0 Å². The molecule has 0 amide bonds. The number of carbonyl (C=O) groups excluding carboxylic acids is 1. The third kappa shape index (κ3) is 8.28. The van der Waals surface area contributed by atoms with Crippen LogP contribution >= 0.6 is 0 Å². The first-order valence-corrected chi connectivity index (χ1v) is 3.66. The van der Waals surface area contributed by atoms with Crippen molar-refractivity contribution in [2.45, 2.75) is 26.7 Å². The molecule has 0 rings (SSSR count). The van der Waals surface area contributed by atoms with Crippen LogP contribution < -0.4 is 0 Å². The van der Waals surface area contributed by atoms with Gasteiger partial charge in [0.1, 0.15) is 0 Å². The third-order valence-electron chi connectivity index (χ3n) is 1.48. The van der Waals surface area contributed by atoms with E-state index in [2.05, 4.69) is 4.74 Å². The van der Waals surface area contributed by atoms with Gasteiger partial charge in [-0.25, -0.2) is 0 Å². The number of carboxylic acids is 1. The Morgan fingerprint density at radius 2 is 1.77 bits per heavy atom. The summed E-state index contributed by atoms with van der Waals surface area (Å²) in [7, 11) is 1.29. The molecule has 0 aromatic heterocycles. The van der Waals surface area contributed by atoms with Gasteiger partial charge in [-0.05, 0) is 5.41 Å². The smallest absolute Gasteiger partial charge is 0.306 e. The second-order valence-electron chi connectivity index (χ2n) is 3.49. The van der Waals surface area contributed by atoms with Gasteiger partial charge in [0.25, 0.3) is 0 Å². The Balaban J connectivity index is 0. The second-order valence-corrected chi connectivity index (χ2v) is 3.49. The predicted molar refractivity (Wildman–Crippen MR) is 48.4 cm³/mol. The largest absolute Gasteiger partial charge is 0.481 e. The minimum Gasteiger partial charge on any atom is -0.481 e. The monoisotopic (exact) mass is 197 g/mol. The molecular formula is C8H14NaO4. The summed E-state index contributed by atoms with van der Waals surface area (Å²) in [5, 5.41) is 8.48. The minimum absolute atomic E-state index is 0. The second kappa shape index (κ2) is 6.40. The summed E-state index contributed by atoms with van der Waals surface area (Å²) in [5.74, 6) is -1.27. The van der Waals surface area contributed by atoms with Crippen molar-refractivity contribution in [3.05, 3.63) is 0 Å². The maximum Gasteiger partial charge on any atom is 0.306 e. The van der Waals surface area contributed by atoms with E-state index in [1.54, 1.807) is 13.8 Å². The van der Waals surface area contributed by atoms with Crippen LogP contribution in [0.3, 0.4) is 0 Å². The van der Waals surface area contributed by atoms with Gasteiger partial charge in [-0.2, -0.15) is 0 Å². The molecule has 0 aromatic rings. The molecule has 0 saturated heterocycles. The van der Waals surface area contributed by atoms with Crippen molar-refractivity contribution in [1.82, 2.24) is 0 Å². The first kappa shape index (κ1) is 15.4. The molecule has 71 valence electrons. The standard InChI is InChI=1S/C8H14O4.Na/c1-8(2,4-6(9)10)5-7(11)12-3;/h4-5H2,1-3H3,(H,9,10);. The SMILES string of the molecule is COC(=O)CC(C)(C)CC(=O)O.[Na]. The normalized spacial score (nSPS) is 10.1. The third-order valence-corrected chi connectivity index (χ3v) is 1.48. The van der Waals surface area contributed by atoms with E-state index in [9.17, 15) is 9.59 Å². The molecule has 13 heavy (non-hydrogen) atoms. The Bertz CT molecular complexity index is 189. The van der Waals surface area contributed by atoms with Crippen molar-refractivity contribution >= 4 is 41.5 Å². The van der Waals surface area contributed by atoms with Gasteiger partial charge in [-0.1, -0.05) is 13.8 Å². The Morgan fingerprint density at radius 1 is 1.31 bits per heavy atom. The van der Waals surface area contributed by atoms with E-state index < -0.39 is 11.4 Å². The fourth-order valence-corrected chi connectivity index (χ4v) is 0.935. The number of hydrogen-bond acceptors (Lipinski definition) is 3. The number of ether oxygens (including phenoxy) is 1. The molecular weight excluding hydrogens is 183 g/mol. The van der Waals surface area contributed by atoms with Crippen molar-refractivity contribution < 1.29 is 19.4 Å². The minimum atomic E-state index is -0.899. The molecule has 0 heterocycles. The van der Waals surface area contributed by atoms with E-state index in [0.717, 1.165) is 0 Å². The fourth-order valence-electron chi connectivity index (χ4n) is 0.935. The summed E-state index contributed by atoms with van der Waals surface area (Å²) in [6, 6.07) is 0. The van der Waals surface area contributed by atoms with Crippen LogP contribution in [0.2, 0.25) is 0 Å². The number of esters is 1. The van der Waals surface area contributed by atoms with Crippen LogP contribution in [0.25, 0.3) is 0 Å². The Hall–Kier alpha value is -0.0600. The maximum absolute atomic E-state index is 10.8. The first-order chi connectivity index (χ1) is 5.37. The molecule has 0 spiro atoms. The van der Waals surface area contributed by atoms with Gasteiger partial charge in [0.05, 0.1) is 20.0 Å². The van der Waals surface area contributed by atoms with Gasteiger partial charge in [-0.3, -0.25) is 9.59 Å². The molecule has 0 bridgehead atoms. The first-order valence-electron chi connectivity index (χ1n) is 3.66. The average molecular weight is 197 g/mol. The predicted octanol–water partition coefficient (Wildman–Crippen LogP) is 0.670. The zero-order chi connectivity index (χ0) is 9.78. The summed E-state index contributed by atoms with van der Waals surface area (Å²) >= 11 is 0. The van der Waals surface area contributed by atoms with E-state index in [0.29, 0.717) is 0 Å². The van der Waals surface area contributed by atoms with Gasteiger partial charge >= 0.3 is 11.9 Å². The Labute approximate surface area is 99.9 Å². The molecule has 0 aliphatic heterocycles. The number of hydrogen-bond donors (Lipinski definition) is 1. The molecule has 1 N–H and O–H groups in total. The number of rotatable bonds is 4. The van der Waals surface area contributed by atoms with Crippen LogP contribution in [0.1, 0.15) is 26.7 Å². The molecule has 0 aliphatic carbocycles. The summed E-state index contributed by atoms with van der Waals surface area (Å²) in [5.41, 5.74) is -0.529. The van der Waals surface area contributed by atoms with Gasteiger partial charge in [0, 0.05) is 29.6 Å². The molecule has 0 atom stereocenters. The van der Waals surface area contributed by atoms with Crippen molar-refractivity contribution in [3.8, 4) is 0 Å². The van der Waals surface area contributed by atoms with Crippen LogP contribution in [-0.2, 0) is 14.3 Å². The topological polar surface area (TPSA) is 63.6 Å². The van der Waals surface area contributed by atoms with Crippen molar-refractivity contribution in [2.24, 2.45) is 5.41 Å². The number of carbonyl (C=O) groups is 2. The zero-order valence-electron chi connectivity index (χ0n) is 8.59. The van der Waals surface area contributed by atoms with Crippen molar-refractivity contribution in [2.75, 3.05) is 7.11 Å². The van der Waals surface area contributed by atoms with Crippen LogP contribution in [0.5, 0.6) is 0 Å². The van der Waals surface area contributed by atoms with Gasteiger partial charge in [0.2, 0.25) is 0 Å².